The van der Waals surface area contributed by atoms with Gasteiger partial charge in [0.2, 0.25) is 5.91 Å². The predicted molar refractivity (Wildman–Crippen MR) is 63.7 cm³/mol. The lowest BCUT2D eigenvalue weighted by Gasteiger charge is -2.13. The summed E-state index contributed by atoms with van der Waals surface area (Å²) in [7, 11) is 0. The number of carboxylic acid groups (broad SMARTS) is 1. The second kappa shape index (κ2) is 9.47. The van der Waals surface area contributed by atoms with Crippen molar-refractivity contribution in [3.05, 3.63) is 0 Å². The van der Waals surface area contributed by atoms with Crippen LogP contribution in [-0.4, -0.2) is 48.2 Å². The highest BCUT2D eigenvalue weighted by atomic mass is 32.2. The van der Waals surface area contributed by atoms with Crippen molar-refractivity contribution in [2.75, 3.05) is 25.2 Å². The number of amides is 1. The first-order valence-electron chi connectivity index (χ1n) is 5.20. The summed E-state index contributed by atoms with van der Waals surface area (Å²) in [6, 6.07) is -0.815. The SMILES string of the molecule is CCCOCC(=O)N[C@@H](CCSC)C(=O)O. The number of carbonyl (C=O) groups is 2. The molecule has 0 aromatic rings. The highest BCUT2D eigenvalue weighted by Crippen LogP contribution is 2.00. The van der Waals surface area contributed by atoms with Gasteiger partial charge in [-0.1, -0.05) is 6.92 Å². The first-order valence-corrected chi connectivity index (χ1v) is 6.60. The number of carboxylic acids is 1. The number of hydrogen-bond donors (Lipinski definition) is 2. The Kier molecular flexibility index (Phi) is 9.03. The molecule has 0 bridgehead atoms. The van der Waals surface area contributed by atoms with Crippen LogP contribution in [0.3, 0.4) is 0 Å². The molecule has 0 aromatic heterocycles. The summed E-state index contributed by atoms with van der Waals surface area (Å²) in [5.41, 5.74) is 0. The van der Waals surface area contributed by atoms with Crippen LogP contribution < -0.4 is 5.32 Å². The highest BCUT2D eigenvalue weighted by Gasteiger charge is 2.18. The van der Waals surface area contributed by atoms with E-state index in [4.69, 9.17) is 9.84 Å². The molecule has 0 rings (SSSR count). The van der Waals surface area contributed by atoms with Gasteiger partial charge in [-0.2, -0.15) is 11.8 Å². The molecule has 0 aromatic carbocycles. The molecular formula is C10H19NO4S. The zero-order valence-corrected chi connectivity index (χ0v) is 10.5. The Morgan fingerprint density at radius 3 is 2.69 bits per heavy atom. The monoisotopic (exact) mass is 249 g/mol. The summed E-state index contributed by atoms with van der Waals surface area (Å²) < 4.78 is 5.02. The number of hydrogen-bond acceptors (Lipinski definition) is 4. The molecule has 0 unspecified atom stereocenters. The van der Waals surface area contributed by atoms with Gasteiger partial charge in [-0.3, -0.25) is 4.79 Å². The summed E-state index contributed by atoms with van der Waals surface area (Å²) in [4.78, 5) is 22.1. The minimum absolute atomic E-state index is 0.0725. The number of rotatable bonds is 9. The van der Waals surface area contributed by atoms with Crippen LogP contribution in [0.5, 0.6) is 0 Å². The maximum Gasteiger partial charge on any atom is 0.326 e. The molecule has 0 spiro atoms. The van der Waals surface area contributed by atoms with Crippen LogP contribution in [0.1, 0.15) is 19.8 Å². The number of ether oxygens (including phenoxy) is 1. The maximum atomic E-state index is 11.3. The molecule has 0 aliphatic carbocycles. The molecule has 0 aliphatic heterocycles. The highest BCUT2D eigenvalue weighted by molar-refractivity contribution is 7.98. The predicted octanol–water partition coefficient (Wildman–Crippen LogP) is 0.735. The Hall–Kier alpha value is -0.750. The lowest BCUT2D eigenvalue weighted by molar-refractivity contribution is -0.142. The third-order valence-electron chi connectivity index (χ3n) is 1.83. The van der Waals surface area contributed by atoms with Gasteiger partial charge in [0.1, 0.15) is 12.6 Å². The Labute approximate surface area is 99.9 Å². The van der Waals surface area contributed by atoms with E-state index in [-0.39, 0.29) is 12.5 Å². The topological polar surface area (TPSA) is 75.6 Å². The second-order valence-corrected chi connectivity index (χ2v) is 4.28. The van der Waals surface area contributed by atoms with Gasteiger partial charge >= 0.3 is 5.97 Å². The lowest BCUT2D eigenvalue weighted by atomic mass is 10.2. The minimum atomic E-state index is -1.00. The summed E-state index contributed by atoms with van der Waals surface area (Å²) in [6.07, 6.45) is 3.16. The number of carbonyl (C=O) groups excluding carboxylic acids is 1. The molecule has 0 fully saturated rings. The van der Waals surface area contributed by atoms with Crippen molar-refractivity contribution in [1.82, 2.24) is 5.32 Å². The molecule has 6 heteroatoms. The van der Waals surface area contributed by atoms with E-state index >= 15 is 0 Å². The zero-order valence-electron chi connectivity index (χ0n) is 9.69. The van der Waals surface area contributed by atoms with E-state index in [0.29, 0.717) is 18.8 Å². The van der Waals surface area contributed by atoms with Crippen LogP contribution in [0.4, 0.5) is 0 Å². The molecule has 2 N–H and O–H groups in total. The average molecular weight is 249 g/mol. The van der Waals surface area contributed by atoms with E-state index in [1.54, 1.807) is 11.8 Å². The van der Waals surface area contributed by atoms with E-state index < -0.39 is 12.0 Å². The van der Waals surface area contributed by atoms with Crippen LogP contribution in [0.15, 0.2) is 0 Å². The third-order valence-corrected chi connectivity index (χ3v) is 2.47. The smallest absolute Gasteiger partial charge is 0.326 e. The van der Waals surface area contributed by atoms with Crippen molar-refractivity contribution >= 4 is 23.6 Å². The Morgan fingerprint density at radius 1 is 1.50 bits per heavy atom. The maximum absolute atomic E-state index is 11.3. The summed E-state index contributed by atoms with van der Waals surface area (Å²) in [5.74, 6) is -0.674. The minimum Gasteiger partial charge on any atom is -0.480 e. The molecule has 0 aliphatic rings. The lowest BCUT2D eigenvalue weighted by Crippen LogP contribution is -2.42. The van der Waals surface area contributed by atoms with Crippen molar-refractivity contribution in [1.29, 1.82) is 0 Å². The summed E-state index contributed by atoms with van der Waals surface area (Å²) in [5, 5.41) is 11.3. The second-order valence-electron chi connectivity index (χ2n) is 3.29. The largest absolute Gasteiger partial charge is 0.480 e. The fourth-order valence-corrected chi connectivity index (χ4v) is 1.51. The number of aliphatic carboxylic acids is 1. The quantitative estimate of drug-likeness (QED) is 0.589. The van der Waals surface area contributed by atoms with Crippen LogP contribution in [0, 0.1) is 0 Å². The fourth-order valence-electron chi connectivity index (χ4n) is 1.04. The fraction of sp³-hybridized carbons (Fsp3) is 0.800. The van der Waals surface area contributed by atoms with Gasteiger partial charge in [-0.25, -0.2) is 4.79 Å². The molecule has 0 radical (unpaired) electrons. The first-order chi connectivity index (χ1) is 7.61. The molecule has 1 amide bonds. The van der Waals surface area contributed by atoms with E-state index in [1.165, 1.54) is 0 Å². The van der Waals surface area contributed by atoms with Crippen LogP contribution >= 0.6 is 11.8 Å². The van der Waals surface area contributed by atoms with Crippen molar-refractivity contribution in [3.8, 4) is 0 Å². The van der Waals surface area contributed by atoms with Gasteiger partial charge in [0, 0.05) is 6.61 Å². The van der Waals surface area contributed by atoms with E-state index in [9.17, 15) is 9.59 Å². The molecule has 5 nitrogen and oxygen atoms in total. The summed E-state index contributed by atoms with van der Waals surface area (Å²) in [6.45, 7) is 2.38. The van der Waals surface area contributed by atoms with Crippen LogP contribution in [0.25, 0.3) is 0 Å². The Bertz CT molecular complexity index is 223. The van der Waals surface area contributed by atoms with Gasteiger partial charge in [-0.05, 0) is 24.9 Å². The van der Waals surface area contributed by atoms with Gasteiger partial charge in [0.25, 0.3) is 0 Å². The van der Waals surface area contributed by atoms with Crippen molar-refractivity contribution in [2.24, 2.45) is 0 Å². The normalized spacial score (nSPS) is 12.1. The molecule has 0 saturated heterocycles. The van der Waals surface area contributed by atoms with E-state index in [0.717, 1.165) is 6.42 Å². The van der Waals surface area contributed by atoms with E-state index in [1.807, 2.05) is 13.2 Å². The molecular weight excluding hydrogens is 230 g/mol. The number of thioether (sulfide) groups is 1. The van der Waals surface area contributed by atoms with Crippen molar-refractivity contribution in [3.63, 3.8) is 0 Å². The van der Waals surface area contributed by atoms with Crippen LogP contribution in [0.2, 0.25) is 0 Å². The molecule has 0 saturated carbocycles. The molecule has 0 heterocycles. The Balaban J connectivity index is 3.88. The van der Waals surface area contributed by atoms with Gasteiger partial charge < -0.3 is 15.2 Å². The molecule has 1 atom stereocenters. The molecule has 16 heavy (non-hydrogen) atoms. The number of nitrogens with one attached hydrogen (secondary N) is 1. The van der Waals surface area contributed by atoms with Gasteiger partial charge in [-0.15, -0.1) is 0 Å². The van der Waals surface area contributed by atoms with Crippen molar-refractivity contribution < 1.29 is 19.4 Å². The van der Waals surface area contributed by atoms with E-state index in [2.05, 4.69) is 5.32 Å². The van der Waals surface area contributed by atoms with Crippen molar-refractivity contribution in [2.45, 2.75) is 25.8 Å². The Morgan fingerprint density at radius 2 is 2.19 bits per heavy atom. The molecule has 94 valence electrons. The van der Waals surface area contributed by atoms with Gasteiger partial charge in [0.15, 0.2) is 0 Å². The third kappa shape index (κ3) is 7.53. The first kappa shape index (κ1) is 15.2. The zero-order chi connectivity index (χ0) is 12.4. The average Bonchev–Trinajstić information content (AvgIpc) is 2.24. The van der Waals surface area contributed by atoms with Gasteiger partial charge in [0.05, 0.1) is 0 Å². The summed E-state index contributed by atoms with van der Waals surface area (Å²) >= 11 is 1.55. The van der Waals surface area contributed by atoms with Crippen LogP contribution in [-0.2, 0) is 14.3 Å². The standard InChI is InChI=1S/C10H19NO4S/c1-3-5-15-7-9(12)11-8(10(13)14)4-6-16-2/h8H,3-7H2,1-2H3,(H,11,12)(H,13,14)/t8-/m0/s1.